The van der Waals surface area contributed by atoms with Gasteiger partial charge < -0.3 is 21.1 Å². The van der Waals surface area contributed by atoms with Crippen LogP contribution in [0.4, 0.5) is 20.7 Å². The molecular weight excluding hydrogens is 418 g/mol. The third-order valence-electron chi connectivity index (χ3n) is 6.34. The number of benzene rings is 1. The fourth-order valence-corrected chi connectivity index (χ4v) is 5.18. The predicted molar refractivity (Wildman–Crippen MR) is 115 cm³/mol. The largest absolute Gasteiger partial charge is 0.378 e. The molecule has 2 aliphatic rings. The number of nitrogens with two attached hydrogens (primary N) is 1. The fraction of sp³-hybridized carbons (Fsp3) is 0.545. The first-order valence-electron chi connectivity index (χ1n) is 10.9. The highest BCUT2D eigenvalue weighted by Gasteiger charge is 2.42. The van der Waals surface area contributed by atoms with E-state index in [-0.39, 0.29) is 17.6 Å². The van der Waals surface area contributed by atoms with Gasteiger partial charge in [0, 0.05) is 24.2 Å². The Balaban J connectivity index is 1.35. The number of aryl methyl sites for hydroxylation is 1. The summed E-state index contributed by atoms with van der Waals surface area (Å²) in [6.45, 7) is 3.67. The van der Waals surface area contributed by atoms with Crippen LogP contribution in [0.1, 0.15) is 56.5 Å². The second-order valence-corrected chi connectivity index (χ2v) is 8.92. The summed E-state index contributed by atoms with van der Waals surface area (Å²) in [6.07, 6.45) is 3.11. The Hall–Kier alpha value is -2.88. The van der Waals surface area contributed by atoms with E-state index in [1.165, 1.54) is 0 Å². The topological polar surface area (TPSA) is 117 Å². The zero-order valence-electron chi connectivity index (χ0n) is 18.1. The normalized spacial score (nSPS) is 24.3. The Labute approximate surface area is 185 Å². The summed E-state index contributed by atoms with van der Waals surface area (Å²) in [7, 11) is 0. The molecule has 2 aromatic rings. The van der Waals surface area contributed by atoms with Gasteiger partial charge in [-0.05, 0) is 69.6 Å². The first-order chi connectivity index (χ1) is 15.2. The van der Waals surface area contributed by atoms with E-state index in [0.717, 1.165) is 44.2 Å². The molecule has 4 N–H and O–H groups in total. The Bertz CT molecular complexity index is 952. The van der Waals surface area contributed by atoms with Crippen LogP contribution >= 0.6 is 0 Å². The van der Waals surface area contributed by atoms with Crippen molar-refractivity contribution >= 4 is 17.8 Å². The molecule has 0 aliphatic carbocycles. The Morgan fingerprint density at radius 3 is 2.41 bits per heavy atom. The molecule has 2 bridgehead atoms. The minimum Gasteiger partial charge on any atom is -0.378 e. The molecule has 4 atom stereocenters. The lowest BCUT2D eigenvalue weighted by molar-refractivity contribution is -0.130. The van der Waals surface area contributed by atoms with E-state index in [1.54, 1.807) is 6.92 Å². The van der Waals surface area contributed by atoms with Gasteiger partial charge in [0.2, 0.25) is 11.9 Å². The summed E-state index contributed by atoms with van der Waals surface area (Å²) in [4.78, 5) is 27.5. The molecule has 0 radical (unpaired) electrons. The summed E-state index contributed by atoms with van der Waals surface area (Å²) < 4.78 is 26.8. The first-order valence-corrected chi connectivity index (χ1v) is 10.9. The number of aromatic nitrogens is 3. The molecule has 2 aliphatic heterocycles. The number of halogens is 2. The second-order valence-electron chi connectivity index (χ2n) is 8.92. The molecule has 32 heavy (non-hydrogen) atoms. The number of piperidine rings is 1. The van der Waals surface area contributed by atoms with E-state index in [1.807, 2.05) is 6.92 Å². The van der Waals surface area contributed by atoms with Crippen molar-refractivity contribution in [1.82, 2.24) is 20.3 Å². The molecule has 1 aromatic carbocycles. The highest BCUT2D eigenvalue weighted by atomic mass is 19.1. The summed E-state index contributed by atoms with van der Waals surface area (Å²) in [6, 6.07) is 3.04. The zero-order chi connectivity index (χ0) is 23.0. The molecule has 4 unspecified atom stereocenters. The van der Waals surface area contributed by atoms with Gasteiger partial charge in [-0.3, -0.25) is 4.79 Å². The standard InChI is InChI=1S/C22H28F2N6O2/c1-11(26-20(32)19(31)14-8-15(23)10-16(24)9-14)5-13-6-17-3-4-18(7-13)30(17)22-28-12(2)27-21(25)29-22/h8-11,13,17-19,31H,3-7H2,1-2H3,(H,26,32)(H2,25,27,28,29). The molecule has 3 heterocycles. The van der Waals surface area contributed by atoms with E-state index in [4.69, 9.17) is 5.73 Å². The summed E-state index contributed by atoms with van der Waals surface area (Å²) in [5.41, 5.74) is 5.70. The smallest absolute Gasteiger partial charge is 0.253 e. The predicted octanol–water partition coefficient (Wildman–Crippen LogP) is 2.42. The summed E-state index contributed by atoms with van der Waals surface area (Å²) in [5.74, 6) is -0.492. The number of anilines is 2. The van der Waals surface area contributed by atoms with E-state index in [0.29, 0.717) is 35.8 Å². The number of nitrogens with zero attached hydrogens (tertiary/aromatic N) is 4. The average molecular weight is 447 g/mol. The first kappa shape index (κ1) is 22.3. The van der Waals surface area contributed by atoms with Gasteiger partial charge in [-0.15, -0.1) is 0 Å². The van der Waals surface area contributed by atoms with Crippen LogP contribution in [0.2, 0.25) is 0 Å². The third kappa shape index (κ3) is 4.79. The van der Waals surface area contributed by atoms with Gasteiger partial charge in [0.25, 0.3) is 5.91 Å². The van der Waals surface area contributed by atoms with Crippen molar-refractivity contribution in [3.8, 4) is 0 Å². The second kappa shape index (κ2) is 8.93. The minimum atomic E-state index is -1.63. The minimum absolute atomic E-state index is 0.106. The average Bonchev–Trinajstić information content (AvgIpc) is 2.96. The van der Waals surface area contributed by atoms with Gasteiger partial charge in [-0.2, -0.15) is 15.0 Å². The zero-order valence-corrected chi connectivity index (χ0v) is 18.1. The van der Waals surface area contributed by atoms with Crippen LogP contribution in [0.15, 0.2) is 18.2 Å². The number of aliphatic hydroxyl groups is 1. The lowest BCUT2D eigenvalue weighted by atomic mass is 9.86. The Morgan fingerprint density at radius 1 is 1.19 bits per heavy atom. The van der Waals surface area contributed by atoms with Gasteiger partial charge in [-0.25, -0.2) is 8.78 Å². The number of hydrogen-bond acceptors (Lipinski definition) is 7. The van der Waals surface area contributed by atoms with Crippen LogP contribution in [0.25, 0.3) is 0 Å². The van der Waals surface area contributed by atoms with Crippen molar-refractivity contribution in [2.45, 2.75) is 70.2 Å². The molecule has 4 rings (SSSR count). The molecule has 172 valence electrons. The van der Waals surface area contributed by atoms with Crippen LogP contribution in [-0.4, -0.2) is 44.1 Å². The molecule has 2 fully saturated rings. The Kier molecular flexibility index (Phi) is 6.23. The van der Waals surface area contributed by atoms with E-state index in [9.17, 15) is 18.7 Å². The third-order valence-corrected chi connectivity index (χ3v) is 6.34. The lowest BCUT2D eigenvalue weighted by Crippen LogP contribution is -2.46. The van der Waals surface area contributed by atoms with Gasteiger partial charge in [0.05, 0.1) is 0 Å². The van der Waals surface area contributed by atoms with Crippen LogP contribution in [0.5, 0.6) is 0 Å². The monoisotopic (exact) mass is 446 g/mol. The van der Waals surface area contributed by atoms with Crippen LogP contribution in [0.3, 0.4) is 0 Å². The van der Waals surface area contributed by atoms with Crippen molar-refractivity contribution in [3.05, 3.63) is 41.2 Å². The number of amides is 1. The van der Waals surface area contributed by atoms with Crippen molar-refractivity contribution < 1.29 is 18.7 Å². The lowest BCUT2D eigenvalue weighted by Gasteiger charge is -2.39. The van der Waals surface area contributed by atoms with Gasteiger partial charge in [-0.1, -0.05) is 0 Å². The number of hydrogen-bond donors (Lipinski definition) is 3. The fourth-order valence-electron chi connectivity index (χ4n) is 5.18. The van der Waals surface area contributed by atoms with E-state index < -0.39 is 23.6 Å². The maximum absolute atomic E-state index is 13.4. The SMILES string of the molecule is Cc1nc(N)nc(N2C3CCC2CC(CC(C)NC(=O)C(O)c2cc(F)cc(F)c2)C3)n1. The van der Waals surface area contributed by atoms with E-state index in [2.05, 4.69) is 25.2 Å². The van der Waals surface area contributed by atoms with Crippen molar-refractivity contribution in [1.29, 1.82) is 0 Å². The highest BCUT2D eigenvalue weighted by molar-refractivity contribution is 5.82. The molecule has 2 saturated heterocycles. The molecule has 0 saturated carbocycles. The number of nitrogen functional groups attached to an aromatic ring is 1. The van der Waals surface area contributed by atoms with Crippen molar-refractivity contribution in [2.75, 3.05) is 10.6 Å². The Morgan fingerprint density at radius 2 is 1.81 bits per heavy atom. The van der Waals surface area contributed by atoms with E-state index >= 15 is 0 Å². The van der Waals surface area contributed by atoms with Gasteiger partial charge in [0.1, 0.15) is 17.5 Å². The maximum Gasteiger partial charge on any atom is 0.253 e. The van der Waals surface area contributed by atoms with Crippen molar-refractivity contribution in [3.63, 3.8) is 0 Å². The van der Waals surface area contributed by atoms with Crippen LogP contribution in [0, 0.1) is 24.5 Å². The highest BCUT2D eigenvalue weighted by Crippen LogP contribution is 2.42. The maximum atomic E-state index is 13.4. The van der Waals surface area contributed by atoms with Crippen LogP contribution < -0.4 is 16.0 Å². The number of nitrogens with one attached hydrogen (secondary N) is 1. The molecule has 1 aromatic heterocycles. The quantitative estimate of drug-likeness (QED) is 0.624. The number of fused-ring (bicyclic) bond motifs is 2. The van der Waals surface area contributed by atoms with Gasteiger partial charge in [0.15, 0.2) is 6.10 Å². The molecule has 1 amide bonds. The number of rotatable bonds is 6. The molecule has 0 spiro atoms. The van der Waals surface area contributed by atoms with Crippen molar-refractivity contribution in [2.24, 2.45) is 5.92 Å². The summed E-state index contributed by atoms with van der Waals surface area (Å²) >= 11 is 0. The number of aliphatic hydroxyl groups excluding tert-OH is 1. The van der Waals surface area contributed by atoms with Gasteiger partial charge >= 0.3 is 0 Å². The molecule has 8 nitrogen and oxygen atoms in total. The number of carbonyl (C=O) groups is 1. The number of carbonyl (C=O) groups excluding carboxylic acids is 1. The molecular formula is C22H28F2N6O2. The summed E-state index contributed by atoms with van der Waals surface area (Å²) in [5, 5.41) is 13.0. The van der Waals surface area contributed by atoms with Crippen LogP contribution in [-0.2, 0) is 4.79 Å². The molecule has 10 heteroatoms.